The monoisotopic (exact) mass is 291 g/mol. The van der Waals surface area contributed by atoms with Gasteiger partial charge in [0.05, 0.1) is 5.69 Å². The van der Waals surface area contributed by atoms with Crippen molar-refractivity contribution in [3.05, 3.63) is 40.3 Å². The molecular formula is C13H14BrN3. The van der Waals surface area contributed by atoms with Crippen LogP contribution in [0, 0.1) is 6.92 Å². The lowest BCUT2D eigenvalue weighted by Gasteiger charge is -2.24. The Morgan fingerprint density at radius 3 is 2.71 bits per heavy atom. The summed E-state index contributed by atoms with van der Waals surface area (Å²) in [6.07, 6.45) is 0. The third-order valence-corrected chi connectivity index (χ3v) is 3.89. The molecule has 0 amide bonds. The third kappa shape index (κ3) is 1.91. The van der Waals surface area contributed by atoms with Crippen molar-refractivity contribution in [1.29, 1.82) is 0 Å². The summed E-state index contributed by atoms with van der Waals surface area (Å²) in [5.74, 6) is 1.65. The van der Waals surface area contributed by atoms with E-state index < -0.39 is 0 Å². The summed E-state index contributed by atoms with van der Waals surface area (Å²) in [4.78, 5) is 8.14. The Morgan fingerprint density at radius 1 is 1.29 bits per heavy atom. The van der Waals surface area contributed by atoms with Gasteiger partial charge in [-0.25, -0.2) is 4.98 Å². The molecule has 3 rings (SSSR count). The van der Waals surface area contributed by atoms with E-state index in [-0.39, 0.29) is 0 Å². The zero-order chi connectivity index (χ0) is 11.8. The molecule has 2 heterocycles. The van der Waals surface area contributed by atoms with E-state index in [4.69, 9.17) is 4.98 Å². The molecule has 1 saturated heterocycles. The van der Waals surface area contributed by atoms with Gasteiger partial charge in [-0.3, -0.25) is 0 Å². The van der Waals surface area contributed by atoms with Crippen LogP contribution < -0.4 is 5.32 Å². The van der Waals surface area contributed by atoms with E-state index >= 15 is 0 Å². The first-order valence-electron chi connectivity index (χ1n) is 5.78. The Kier molecular flexibility index (Phi) is 2.76. The number of hydrogen-bond acceptors (Lipinski definition) is 2. The lowest BCUT2D eigenvalue weighted by molar-refractivity contribution is 0.432. The largest absolute Gasteiger partial charge is 0.345 e. The average molecular weight is 292 g/mol. The fourth-order valence-electron chi connectivity index (χ4n) is 2.07. The number of aromatic nitrogens is 2. The number of nitrogens with one attached hydrogen (secondary N) is 2. The van der Waals surface area contributed by atoms with Gasteiger partial charge in [0.15, 0.2) is 0 Å². The molecule has 2 N–H and O–H groups in total. The van der Waals surface area contributed by atoms with Crippen LogP contribution in [0.2, 0.25) is 0 Å². The van der Waals surface area contributed by atoms with Gasteiger partial charge < -0.3 is 10.3 Å². The smallest absolute Gasteiger partial charge is 0.112 e. The highest BCUT2D eigenvalue weighted by Crippen LogP contribution is 2.30. The van der Waals surface area contributed by atoms with Crippen LogP contribution in [-0.2, 0) is 0 Å². The first-order valence-corrected chi connectivity index (χ1v) is 6.57. The maximum absolute atomic E-state index is 4.74. The van der Waals surface area contributed by atoms with E-state index in [1.54, 1.807) is 0 Å². The molecule has 0 aliphatic carbocycles. The predicted octanol–water partition coefficient (Wildman–Crippen LogP) is 2.83. The van der Waals surface area contributed by atoms with E-state index in [9.17, 15) is 0 Å². The zero-order valence-electron chi connectivity index (χ0n) is 9.63. The molecule has 0 atom stereocenters. The van der Waals surface area contributed by atoms with Gasteiger partial charge >= 0.3 is 0 Å². The van der Waals surface area contributed by atoms with E-state index in [1.807, 2.05) is 18.2 Å². The maximum atomic E-state index is 4.74. The number of H-pyrrole nitrogens is 1. The Hall–Kier alpha value is -1.13. The van der Waals surface area contributed by atoms with Gasteiger partial charge in [-0.1, -0.05) is 34.1 Å². The average Bonchev–Trinajstić information content (AvgIpc) is 2.58. The van der Waals surface area contributed by atoms with Crippen molar-refractivity contribution < 1.29 is 0 Å². The van der Waals surface area contributed by atoms with Crippen molar-refractivity contribution in [2.24, 2.45) is 0 Å². The number of halogens is 1. The highest BCUT2D eigenvalue weighted by molar-refractivity contribution is 9.10. The Balaban J connectivity index is 2.03. The number of hydrogen-bond donors (Lipinski definition) is 2. The number of rotatable bonds is 2. The van der Waals surface area contributed by atoms with Crippen LogP contribution in [0.25, 0.3) is 11.3 Å². The fourth-order valence-corrected chi connectivity index (χ4v) is 2.55. The Labute approximate surface area is 109 Å². The van der Waals surface area contributed by atoms with Crippen molar-refractivity contribution in [2.75, 3.05) is 13.1 Å². The normalized spacial score (nSPS) is 15.9. The van der Waals surface area contributed by atoms with Crippen LogP contribution in [0.5, 0.6) is 0 Å². The lowest BCUT2D eigenvalue weighted by Crippen LogP contribution is -2.40. The van der Waals surface area contributed by atoms with Crippen molar-refractivity contribution in [3.63, 3.8) is 0 Å². The summed E-state index contributed by atoms with van der Waals surface area (Å²) in [5.41, 5.74) is 3.35. The van der Waals surface area contributed by atoms with Crippen LogP contribution >= 0.6 is 15.9 Å². The molecule has 2 aromatic rings. The van der Waals surface area contributed by atoms with Crippen LogP contribution in [-0.4, -0.2) is 23.1 Å². The molecule has 4 heteroatoms. The van der Waals surface area contributed by atoms with E-state index in [0.717, 1.165) is 40.3 Å². The molecule has 1 aliphatic heterocycles. The molecule has 0 unspecified atom stereocenters. The highest BCUT2D eigenvalue weighted by Gasteiger charge is 2.23. The second-order valence-electron chi connectivity index (χ2n) is 4.43. The standard InChI is InChI=1S/C13H14BrN3/c1-8-12(10-4-2-3-5-11(10)14)17-13(16-8)9-6-15-7-9/h2-5,9,15H,6-7H2,1H3,(H,16,17). The van der Waals surface area contributed by atoms with Crippen molar-refractivity contribution >= 4 is 15.9 Å². The summed E-state index contributed by atoms with van der Waals surface area (Å²) in [5, 5.41) is 3.27. The molecule has 3 nitrogen and oxygen atoms in total. The molecule has 1 fully saturated rings. The van der Waals surface area contributed by atoms with Crippen molar-refractivity contribution in [2.45, 2.75) is 12.8 Å². The molecule has 1 aromatic heterocycles. The van der Waals surface area contributed by atoms with Gasteiger partial charge in [-0.2, -0.15) is 0 Å². The minimum atomic E-state index is 0.546. The number of nitrogens with zero attached hydrogens (tertiary/aromatic N) is 1. The van der Waals surface area contributed by atoms with E-state index in [0.29, 0.717) is 5.92 Å². The quantitative estimate of drug-likeness (QED) is 0.893. The molecule has 0 spiro atoms. The summed E-state index contributed by atoms with van der Waals surface area (Å²) in [6, 6.07) is 8.20. The minimum Gasteiger partial charge on any atom is -0.345 e. The zero-order valence-corrected chi connectivity index (χ0v) is 11.2. The molecule has 88 valence electrons. The molecule has 17 heavy (non-hydrogen) atoms. The molecule has 0 bridgehead atoms. The minimum absolute atomic E-state index is 0.546. The molecule has 0 radical (unpaired) electrons. The highest BCUT2D eigenvalue weighted by atomic mass is 79.9. The summed E-state index contributed by atoms with van der Waals surface area (Å²) in [6.45, 7) is 4.14. The summed E-state index contributed by atoms with van der Waals surface area (Å²) >= 11 is 3.58. The van der Waals surface area contributed by atoms with Gasteiger partial charge in [0.25, 0.3) is 0 Å². The predicted molar refractivity (Wildman–Crippen MR) is 72.1 cm³/mol. The summed E-state index contributed by atoms with van der Waals surface area (Å²) < 4.78 is 1.09. The molecule has 0 saturated carbocycles. The van der Waals surface area contributed by atoms with Crippen molar-refractivity contribution in [1.82, 2.24) is 15.3 Å². The number of imidazole rings is 1. The van der Waals surface area contributed by atoms with Crippen LogP contribution in [0.4, 0.5) is 0 Å². The maximum Gasteiger partial charge on any atom is 0.112 e. The second kappa shape index (κ2) is 4.27. The molecule has 1 aromatic carbocycles. The fraction of sp³-hybridized carbons (Fsp3) is 0.308. The Morgan fingerprint density at radius 2 is 2.06 bits per heavy atom. The van der Waals surface area contributed by atoms with Crippen LogP contribution in [0.1, 0.15) is 17.4 Å². The lowest BCUT2D eigenvalue weighted by atomic mass is 10.0. The van der Waals surface area contributed by atoms with E-state index in [2.05, 4.69) is 39.2 Å². The first-order chi connectivity index (χ1) is 8.25. The van der Waals surface area contributed by atoms with Gasteiger partial charge in [0, 0.05) is 34.7 Å². The number of aryl methyl sites for hydroxylation is 1. The number of aromatic amines is 1. The molecule has 1 aliphatic rings. The summed E-state index contributed by atoms with van der Waals surface area (Å²) in [7, 11) is 0. The molecular weight excluding hydrogens is 278 g/mol. The van der Waals surface area contributed by atoms with Crippen LogP contribution in [0.3, 0.4) is 0 Å². The van der Waals surface area contributed by atoms with Gasteiger partial charge in [0.1, 0.15) is 5.82 Å². The number of benzene rings is 1. The first kappa shape index (κ1) is 11.0. The van der Waals surface area contributed by atoms with Gasteiger partial charge in [-0.15, -0.1) is 0 Å². The second-order valence-corrected chi connectivity index (χ2v) is 5.29. The van der Waals surface area contributed by atoms with Crippen molar-refractivity contribution in [3.8, 4) is 11.3 Å². The third-order valence-electron chi connectivity index (χ3n) is 3.20. The topological polar surface area (TPSA) is 40.7 Å². The van der Waals surface area contributed by atoms with Gasteiger partial charge in [-0.05, 0) is 13.0 Å². The van der Waals surface area contributed by atoms with E-state index in [1.165, 1.54) is 0 Å². The Bertz CT molecular complexity index is 543. The van der Waals surface area contributed by atoms with Gasteiger partial charge in [0.2, 0.25) is 0 Å². The SMILES string of the molecule is Cc1[nH]c(C2CNC2)nc1-c1ccccc1Br. The van der Waals surface area contributed by atoms with Crippen LogP contribution in [0.15, 0.2) is 28.7 Å².